The smallest absolute Gasteiger partial charge is 0.373 e. The summed E-state index contributed by atoms with van der Waals surface area (Å²) >= 11 is 83.1. The molecule has 37 heteroatoms. The zero-order valence-corrected chi connectivity index (χ0v) is 86.3. The summed E-state index contributed by atoms with van der Waals surface area (Å²) in [7, 11) is 1.67. The molecule has 0 aliphatic carbocycles. The first-order valence-electron chi connectivity index (χ1n) is 39.5. The van der Waals surface area contributed by atoms with E-state index < -0.39 is 43.9 Å². The fourth-order valence-electron chi connectivity index (χ4n) is 16.0. The van der Waals surface area contributed by atoms with Crippen LogP contribution in [0.15, 0.2) is 125 Å². The van der Waals surface area contributed by atoms with Gasteiger partial charge in [-0.1, -0.05) is 231 Å². The van der Waals surface area contributed by atoms with Crippen molar-refractivity contribution in [1.29, 1.82) is 0 Å². The fraction of sp³-hybridized carbons (Fsp3) is 0.184. The van der Waals surface area contributed by atoms with Crippen molar-refractivity contribution in [3.63, 3.8) is 0 Å². The minimum Gasteiger partial charge on any atom is -0.497 e. The Labute approximate surface area is 849 Å². The first kappa shape index (κ1) is 106. The van der Waals surface area contributed by atoms with Gasteiger partial charge in [-0.05, 0) is 158 Å². The number of benzene rings is 11. The van der Waals surface area contributed by atoms with E-state index in [0.717, 1.165) is 5.75 Å². The maximum absolute atomic E-state index is 14.7. The molecule has 0 saturated heterocycles. The summed E-state index contributed by atoms with van der Waals surface area (Å²) in [5, 5.41) is 6.23. The molecule has 0 aliphatic rings. The van der Waals surface area contributed by atoms with Crippen molar-refractivity contribution >= 4 is 314 Å². The van der Waals surface area contributed by atoms with Crippen LogP contribution in [0, 0.1) is 56.4 Å². The van der Waals surface area contributed by atoms with Gasteiger partial charge < -0.3 is 38.9 Å². The van der Waals surface area contributed by atoms with E-state index in [1.165, 1.54) is 98.4 Å². The van der Waals surface area contributed by atoms with E-state index in [2.05, 4.69) is 109 Å². The average molecular weight is 2200 g/mol. The molecule has 135 heavy (non-hydrogen) atoms. The number of aryl methyl sites for hydroxylation is 3. The van der Waals surface area contributed by atoms with E-state index in [0.29, 0.717) is 114 Å². The number of hydrogen-bond acceptors (Lipinski definition) is 22. The van der Waals surface area contributed by atoms with Crippen molar-refractivity contribution in [2.24, 2.45) is 5.73 Å². The molecular weight excluding hydrogens is 2130 g/mol. The molecular formula is C98H69Br2Cl12N5O17Si. The number of methoxy groups -OCH3 is 3. The standard InChI is InChI=1S/C49H38Cl6N2O6Si.C35H14Br2Cl6N2O6.C9H13NO.C3H4.2CO2/c1-10-11-26-14-31(49(60)63-46-35(54)18-29(51)19-36(46)55)40-32(47(58)61-9)21-57-44-39-27(12-13-64(22(2)3,23(4)5)24(6)7)15-30(48(59)62-45-33(52)16-28(50)17-34(45)53)37-25(8)20-56-43(41(37)39)38(26)42(40)44;1-11-9-44-29-26-18(37)8-15(35(48)51-32-21(42)5-13(39)6-22(32)43)24-16(33(46)49-2)10-45-30(28(24)26)25-17(36)7-14(23(11)27(25)29)34(47)50-31-19(40)3-12(38)4-20(31)41;1-7-5-9(11-2)4-3-8(7)6-10;1-3-2;2*2-1-3/h14-24H,1-9H3;3-10H,1-2H3;3-5H,6,10H2,1-2H3;1H,2H3;;. The molecule has 0 saturated carbocycles. The summed E-state index contributed by atoms with van der Waals surface area (Å²) in [5.41, 5.74) is 16.2. The molecule has 22 nitrogen and oxygen atoms in total. The molecule has 0 fully saturated rings. The van der Waals surface area contributed by atoms with E-state index in [9.17, 15) is 28.8 Å². The number of nitrogens with two attached hydrogens (primary N) is 1. The van der Waals surface area contributed by atoms with Crippen LogP contribution >= 0.6 is 171 Å². The second-order valence-electron chi connectivity index (χ2n) is 30.2. The normalized spacial score (nSPS) is 10.9. The maximum atomic E-state index is 14.7. The number of halogens is 14. The lowest BCUT2D eigenvalue weighted by atomic mass is 9.85. The molecule has 0 bridgehead atoms. The Morgan fingerprint density at radius 2 is 0.667 bits per heavy atom. The fourth-order valence-corrected chi connectivity index (χ4v) is 26.1. The number of nitrogens with zero attached hydrogens (tertiary/aromatic N) is 4. The Balaban J connectivity index is 0.000000235. The number of terminal acetylenes is 1. The maximum Gasteiger partial charge on any atom is 0.373 e. The Morgan fingerprint density at radius 3 is 0.970 bits per heavy atom. The van der Waals surface area contributed by atoms with Gasteiger partial charge in [0.1, 0.15) is 13.8 Å². The van der Waals surface area contributed by atoms with Crippen LogP contribution in [0.1, 0.15) is 151 Å². The predicted octanol–water partition coefficient (Wildman–Crippen LogP) is 28.4. The Bertz CT molecular complexity index is 7550. The highest BCUT2D eigenvalue weighted by molar-refractivity contribution is 9.11. The summed E-state index contributed by atoms with van der Waals surface area (Å²) in [6.07, 6.45) is 11.0. The number of pyridine rings is 4. The van der Waals surface area contributed by atoms with Crippen LogP contribution in [-0.4, -0.2) is 97.5 Å². The van der Waals surface area contributed by atoms with Crippen LogP contribution in [0.4, 0.5) is 0 Å². The topological polar surface area (TPSA) is 313 Å². The van der Waals surface area contributed by atoms with Crippen molar-refractivity contribution in [1.82, 2.24) is 19.9 Å². The van der Waals surface area contributed by atoms with Gasteiger partial charge in [-0.2, -0.15) is 19.2 Å². The highest BCUT2D eigenvalue weighted by Crippen LogP contribution is 2.52. The number of hydrogen-bond donors (Lipinski definition) is 1. The number of carbonyl (C=O) groups is 6. The summed E-state index contributed by atoms with van der Waals surface area (Å²) in [6.45, 7) is 22.8. The molecule has 0 amide bonds. The first-order chi connectivity index (χ1) is 64.0. The molecule has 0 radical (unpaired) electrons. The van der Waals surface area contributed by atoms with Gasteiger partial charge in [0.2, 0.25) is 0 Å². The molecule has 0 atom stereocenters. The van der Waals surface area contributed by atoms with Gasteiger partial charge in [0.05, 0.1) is 117 Å². The zero-order chi connectivity index (χ0) is 99.7. The molecule has 0 aliphatic heterocycles. The first-order valence-corrected chi connectivity index (χ1v) is 47.9. The van der Waals surface area contributed by atoms with Crippen LogP contribution in [0.25, 0.3) is 86.7 Å². The molecule has 2 N–H and O–H groups in total. The molecule has 4 aromatic heterocycles. The third-order valence-electron chi connectivity index (χ3n) is 21.5. The van der Waals surface area contributed by atoms with Crippen molar-refractivity contribution < 1.29 is 81.1 Å². The second-order valence-corrected chi connectivity index (χ2v) is 42.5. The molecule has 15 rings (SSSR count). The average Bonchev–Trinajstić information content (AvgIpc) is 0.695. The van der Waals surface area contributed by atoms with Crippen LogP contribution < -0.4 is 29.4 Å². The predicted molar refractivity (Wildman–Crippen MR) is 540 cm³/mol. The quantitative estimate of drug-likeness (QED) is 0.0249. The molecule has 0 unspecified atom stereocenters. The third-order valence-corrected chi connectivity index (χ3v) is 32.1. The summed E-state index contributed by atoms with van der Waals surface area (Å²) in [6, 6.07) is 23.4. The number of esters is 6. The van der Waals surface area contributed by atoms with Crippen LogP contribution in [-0.2, 0) is 35.2 Å². The molecule has 4 heterocycles. The molecule has 15 aromatic rings. The van der Waals surface area contributed by atoms with Crippen LogP contribution in [0.2, 0.25) is 76.9 Å². The van der Waals surface area contributed by atoms with Gasteiger partial charge in [-0.25, -0.2) is 28.8 Å². The highest BCUT2D eigenvalue weighted by atomic mass is 79.9. The largest absolute Gasteiger partial charge is 0.497 e. The monoisotopic (exact) mass is 2190 g/mol. The van der Waals surface area contributed by atoms with E-state index in [4.69, 9.17) is 217 Å². The van der Waals surface area contributed by atoms with E-state index in [1.807, 2.05) is 32.0 Å². The van der Waals surface area contributed by atoms with Crippen molar-refractivity contribution in [3.05, 3.63) is 252 Å². The SMILES string of the molecule is C#CC.CC#Cc1cc(C(=O)Oc2c(Cl)cc(Cl)cc2Cl)c2c(C(=O)OC)cnc3c4c(C#C[Si](C(C)C)(C(C)C)C(C)C)cc(C(=O)Oc5c(Cl)cc(Cl)cc5Cl)c5c(C)cnc(c1c23)c54.COC(=O)c1cnc2c3c(Br)cc(C(=O)Oc4c(Cl)cc(Cl)cc4Cl)c4c(C)cnc(c5c(Br)cc(C(=O)Oc6c(Cl)cc(Cl)cc6Cl)c1c25)c43.COc1ccc(CN)c(C)c1.O=C=O.O=C=O. The van der Waals surface area contributed by atoms with Crippen molar-refractivity contribution in [2.45, 2.75) is 99.3 Å². The van der Waals surface area contributed by atoms with Gasteiger partial charge in [0, 0.05) is 136 Å². The lowest BCUT2D eigenvalue weighted by molar-refractivity contribution is -0.193. The van der Waals surface area contributed by atoms with Crippen LogP contribution in [0.3, 0.4) is 0 Å². The van der Waals surface area contributed by atoms with E-state index >= 15 is 0 Å². The van der Waals surface area contributed by atoms with Gasteiger partial charge >= 0.3 is 48.1 Å². The summed E-state index contributed by atoms with van der Waals surface area (Å²) in [5.74, 6) is 7.55. The Morgan fingerprint density at radius 1 is 0.385 bits per heavy atom. The number of ether oxygens (including phenoxy) is 7. The number of aromatic nitrogens is 4. The Hall–Kier alpha value is -10.7. The summed E-state index contributed by atoms with van der Waals surface area (Å²) < 4.78 is 39.5. The minimum absolute atomic E-state index is 0.00320. The van der Waals surface area contributed by atoms with Gasteiger partial charge in [0.15, 0.2) is 23.0 Å². The summed E-state index contributed by atoms with van der Waals surface area (Å²) in [4.78, 5) is 136. The van der Waals surface area contributed by atoms with Gasteiger partial charge in [-0.15, -0.1) is 23.8 Å². The van der Waals surface area contributed by atoms with Gasteiger partial charge in [-0.3, -0.25) is 19.9 Å². The number of carbonyl (C=O) groups excluding carboxylic acids is 10. The second kappa shape index (κ2) is 45.5. The zero-order valence-electron chi connectivity index (χ0n) is 73.1. The number of fused-ring (bicyclic) bond motifs is 4. The molecule has 690 valence electrons. The molecule has 11 aromatic carbocycles. The van der Waals surface area contributed by atoms with Gasteiger partial charge in [0.25, 0.3) is 0 Å². The van der Waals surface area contributed by atoms with E-state index in [1.54, 1.807) is 52.4 Å². The minimum atomic E-state index is -2.43. The molecule has 0 spiro atoms. The Kier molecular flexibility index (Phi) is 35.9. The number of rotatable bonds is 15. The van der Waals surface area contributed by atoms with Crippen molar-refractivity contribution in [3.8, 4) is 64.4 Å². The lowest BCUT2D eigenvalue weighted by Gasteiger charge is -2.38. The van der Waals surface area contributed by atoms with E-state index in [-0.39, 0.29) is 156 Å². The lowest BCUT2D eigenvalue weighted by Crippen LogP contribution is -2.43. The van der Waals surface area contributed by atoms with Crippen LogP contribution in [0.5, 0.6) is 28.7 Å². The highest BCUT2D eigenvalue weighted by Gasteiger charge is 2.43. The van der Waals surface area contributed by atoms with Crippen molar-refractivity contribution in [2.75, 3.05) is 21.3 Å². The third kappa shape index (κ3) is 21.7.